The number of aryl methyl sites for hydroxylation is 2. The van der Waals surface area contributed by atoms with Gasteiger partial charge >= 0.3 is 0 Å². The van der Waals surface area contributed by atoms with Gasteiger partial charge in [-0.2, -0.15) is 0 Å². The van der Waals surface area contributed by atoms with Crippen LogP contribution in [0.25, 0.3) is 11.3 Å². The summed E-state index contributed by atoms with van der Waals surface area (Å²) in [6.45, 7) is 1.93. The highest BCUT2D eigenvalue weighted by Crippen LogP contribution is 2.32. The average Bonchev–Trinajstić information content (AvgIpc) is 2.38. The fraction of sp³-hybridized carbons (Fsp3) is 0.286. The first-order valence-electron chi connectivity index (χ1n) is 5.89. The summed E-state index contributed by atoms with van der Waals surface area (Å²) in [4.78, 5) is 10.0. The zero-order valence-electron chi connectivity index (χ0n) is 9.81. The maximum Gasteiger partial charge on any atom is 0.125 e. The summed E-state index contributed by atoms with van der Waals surface area (Å²) in [5.74, 6) is 2.08. The minimum atomic E-state index is 0.828. The molecule has 0 N–H and O–H groups in total. The maximum atomic E-state index is 4.47. The van der Waals surface area contributed by atoms with E-state index in [9.17, 15) is 0 Å². The normalized spacial score (nSPS) is 14.4. The van der Waals surface area contributed by atoms with Crippen molar-refractivity contribution in [3.05, 3.63) is 41.9 Å². The Hall–Kier alpha value is -1.35. The van der Waals surface area contributed by atoms with Crippen LogP contribution >= 0.6 is 11.8 Å². The van der Waals surface area contributed by atoms with E-state index in [0.29, 0.717) is 0 Å². The molecule has 1 aromatic heterocycles. The Bertz CT molecular complexity index is 552. The van der Waals surface area contributed by atoms with Gasteiger partial charge in [-0.05, 0) is 49.3 Å². The third-order valence-electron chi connectivity index (χ3n) is 2.98. The van der Waals surface area contributed by atoms with Gasteiger partial charge in [-0.3, -0.25) is 0 Å². The lowest BCUT2D eigenvalue weighted by Crippen LogP contribution is -1.99. The number of hydrogen-bond acceptors (Lipinski definition) is 3. The zero-order valence-corrected chi connectivity index (χ0v) is 10.6. The molecule has 17 heavy (non-hydrogen) atoms. The summed E-state index contributed by atoms with van der Waals surface area (Å²) in [5, 5.41) is 0. The summed E-state index contributed by atoms with van der Waals surface area (Å²) >= 11 is 1.96. The van der Waals surface area contributed by atoms with Crippen LogP contribution in [0.15, 0.2) is 35.4 Å². The SMILES string of the molecule is Cc1nccc(-c2ccc3c(c2)CCCS3)n1. The van der Waals surface area contributed by atoms with E-state index in [0.717, 1.165) is 11.5 Å². The second-order valence-corrected chi connectivity index (χ2v) is 5.40. The van der Waals surface area contributed by atoms with E-state index < -0.39 is 0 Å². The molecule has 3 heteroatoms. The fourth-order valence-electron chi connectivity index (χ4n) is 2.14. The van der Waals surface area contributed by atoms with Gasteiger partial charge in [0.05, 0.1) is 5.69 Å². The van der Waals surface area contributed by atoms with E-state index >= 15 is 0 Å². The third kappa shape index (κ3) is 2.20. The van der Waals surface area contributed by atoms with E-state index in [1.165, 1.54) is 34.6 Å². The minimum Gasteiger partial charge on any atom is -0.242 e. The third-order valence-corrected chi connectivity index (χ3v) is 4.18. The smallest absolute Gasteiger partial charge is 0.125 e. The van der Waals surface area contributed by atoms with E-state index in [1.54, 1.807) is 0 Å². The molecule has 0 atom stereocenters. The number of benzene rings is 1. The largest absolute Gasteiger partial charge is 0.242 e. The van der Waals surface area contributed by atoms with Crippen molar-refractivity contribution in [2.45, 2.75) is 24.7 Å². The quantitative estimate of drug-likeness (QED) is 0.765. The molecular formula is C14H14N2S. The van der Waals surface area contributed by atoms with E-state index in [1.807, 2.05) is 30.9 Å². The molecule has 0 fully saturated rings. The van der Waals surface area contributed by atoms with Crippen molar-refractivity contribution in [3.63, 3.8) is 0 Å². The molecule has 0 aliphatic carbocycles. The Kier molecular flexibility index (Phi) is 2.85. The van der Waals surface area contributed by atoms with Crippen LogP contribution in [0.3, 0.4) is 0 Å². The van der Waals surface area contributed by atoms with Crippen LogP contribution in [-0.2, 0) is 6.42 Å². The Labute approximate surface area is 106 Å². The molecule has 0 spiro atoms. The van der Waals surface area contributed by atoms with Gasteiger partial charge in [-0.25, -0.2) is 9.97 Å². The van der Waals surface area contributed by atoms with Crippen molar-refractivity contribution in [1.82, 2.24) is 9.97 Å². The van der Waals surface area contributed by atoms with Gasteiger partial charge in [0.15, 0.2) is 0 Å². The summed E-state index contributed by atoms with van der Waals surface area (Å²) in [6.07, 6.45) is 4.30. The second kappa shape index (κ2) is 4.49. The average molecular weight is 242 g/mol. The molecule has 1 aromatic carbocycles. The highest BCUT2D eigenvalue weighted by molar-refractivity contribution is 7.99. The molecule has 86 valence electrons. The van der Waals surface area contributed by atoms with Crippen LogP contribution in [0.1, 0.15) is 17.8 Å². The topological polar surface area (TPSA) is 25.8 Å². The first kappa shape index (κ1) is 10.8. The van der Waals surface area contributed by atoms with Crippen molar-refractivity contribution in [2.75, 3.05) is 5.75 Å². The number of aromatic nitrogens is 2. The van der Waals surface area contributed by atoms with Gasteiger partial charge in [0, 0.05) is 16.7 Å². The van der Waals surface area contributed by atoms with Crippen molar-refractivity contribution < 1.29 is 0 Å². The fourth-order valence-corrected chi connectivity index (χ4v) is 3.16. The summed E-state index contributed by atoms with van der Waals surface area (Å²) in [6, 6.07) is 8.65. The Morgan fingerprint density at radius 1 is 1.24 bits per heavy atom. The lowest BCUT2D eigenvalue weighted by atomic mass is 10.0. The van der Waals surface area contributed by atoms with Gasteiger partial charge < -0.3 is 0 Å². The number of rotatable bonds is 1. The molecule has 2 heterocycles. The number of fused-ring (bicyclic) bond motifs is 1. The molecule has 0 amide bonds. The molecule has 0 bridgehead atoms. The van der Waals surface area contributed by atoms with Crippen LogP contribution in [0, 0.1) is 6.92 Å². The van der Waals surface area contributed by atoms with Crippen LogP contribution in [0.4, 0.5) is 0 Å². The van der Waals surface area contributed by atoms with E-state index in [2.05, 4.69) is 28.2 Å². The number of nitrogens with zero attached hydrogens (tertiary/aromatic N) is 2. The molecule has 0 saturated carbocycles. The molecule has 0 unspecified atom stereocenters. The van der Waals surface area contributed by atoms with Gasteiger partial charge in [0.1, 0.15) is 5.82 Å². The van der Waals surface area contributed by atoms with Gasteiger partial charge in [-0.1, -0.05) is 6.07 Å². The minimum absolute atomic E-state index is 0.828. The monoisotopic (exact) mass is 242 g/mol. The first-order chi connectivity index (χ1) is 8.33. The second-order valence-electron chi connectivity index (χ2n) is 4.26. The molecule has 2 aromatic rings. The van der Waals surface area contributed by atoms with Crippen molar-refractivity contribution in [1.29, 1.82) is 0 Å². The molecule has 3 rings (SSSR count). The Morgan fingerprint density at radius 3 is 3.06 bits per heavy atom. The predicted octanol–water partition coefficient (Wildman–Crippen LogP) is 3.49. The lowest BCUT2D eigenvalue weighted by molar-refractivity contribution is 0.890. The van der Waals surface area contributed by atoms with E-state index in [-0.39, 0.29) is 0 Å². The van der Waals surface area contributed by atoms with Gasteiger partial charge in [-0.15, -0.1) is 11.8 Å². The molecule has 2 nitrogen and oxygen atoms in total. The summed E-state index contributed by atoms with van der Waals surface area (Å²) in [7, 11) is 0. The molecular weight excluding hydrogens is 228 g/mol. The highest BCUT2D eigenvalue weighted by atomic mass is 32.2. The van der Waals surface area contributed by atoms with Crippen molar-refractivity contribution in [2.24, 2.45) is 0 Å². The maximum absolute atomic E-state index is 4.47. The Morgan fingerprint density at radius 2 is 2.18 bits per heavy atom. The van der Waals surface area contributed by atoms with Crippen LogP contribution in [0.5, 0.6) is 0 Å². The predicted molar refractivity (Wildman–Crippen MR) is 71.3 cm³/mol. The van der Waals surface area contributed by atoms with Crippen LogP contribution < -0.4 is 0 Å². The molecule has 0 saturated heterocycles. The molecule has 1 aliphatic heterocycles. The highest BCUT2D eigenvalue weighted by Gasteiger charge is 2.11. The molecule has 1 aliphatic rings. The van der Waals surface area contributed by atoms with Crippen molar-refractivity contribution >= 4 is 11.8 Å². The van der Waals surface area contributed by atoms with E-state index in [4.69, 9.17) is 0 Å². The van der Waals surface area contributed by atoms with Gasteiger partial charge in [0.25, 0.3) is 0 Å². The standard InChI is InChI=1S/C14H14N2S/c1-10-15-7-6-13(16-10)11-4-5-14-12(9-11)3-2-8-17-14/h4-7,9H,2-3,8H2,1H3. The number of hydrogen-bond donors (Lipinski definition) is 0. The number of thioether (sulfide) groups is 1. The molecule has 0 radical (unpaired) electrons. The lowest BCUT2D eigenvalue weighted by Gasteiger charge is -2.15. The summed E-state index contributed by atoms with van der Waals surface area (Å²) in [5.41, 5.74) is 3.70. The van der Waals surface area contributed by atoms with Gasteiger partial charge in [0.2, 0.25) is 0 Å². The van der Waals surface area contributed by atoms with Crippen molar-refractivity contribution in [3.8, 4) is 11.3 Å². The van der Waals surface area contributed by atoms with Crippen LogP contribution in [-0.4, -0.2) is 15.7 Å². The zero-order chi connectivity index (χ0) is 11.7. The first-order valence-corrected chi connectivity index (χ1v) is 6.87. The summed E-state index contributed by atoms with van der Waals surface area (Å²) < 4.78 is 0. The Balaban J connectivity index is 2.04. The van der Waals surface area contributed by atoms with Crippen LogP contribution in [0.2, 0.25) is 0 Å².